The van der Waals surface area contributed by atoms with Gasteiger partial charge in [-0.1, -0.05) is 54.6 Å². The van der Waals surface area contributed by atoms with E-state index in [9.17, 15) is 4.79 Å². The van der Waals surface area contributed by atoms with Crippen LogP contribution >= 0.6 is 0 Å². The van der Waals surface area contributed by atoms with Crippen molar-refractivity contribution in [3.63, 3.8) is 0 Å². The van der Waals surface area contributed by atoms with Crippen molar-refractivity contribution in [2.24, 2.45) is 0 Å². The van der Waals surface area contributed by atoms with Crippen LogP contribution in [0.2, 0.25) is 0 Å². The van der Waals surface area contributed by atoms with Gasteiger partial charge in [-0.15, -0.1) is 0 Å². The number of benzene rings is 2. The number of rotatable bonds is 3. The van der Waals surface area contributed by atoms with Gasteiger partial charge in [-0.3, -0.25) is 10.1 Å². The largest absolute Gasteiger partial charge is 0.322 e. The highest BCUT2D eigenvalue weighted by Gasteiger charge is 2.39. The lowest BCUT2D eigenvalue weighted by Gasteiger charge is -2.24. The van der Waals surface area contributed by atoms with Crippen LogP contribution in [-0.4, -0.2) is 17.4 Å². The minimum Gasteiger partial charge on any atom is -0.322 e. The van der Waals surface area contributed by atoms with Crippen molar-refractivity contribution in [2.75, 3.05) is 6.54 Å². The standard InChI is InChI=1S/C18H20N2O/c1-3-20-17(15-12-8-7-9-13(15)2)19-16(18(20)21)14-10-5-4-6-11-14/h4-12,16-17,19H,3H2,1-2H3. The highest BCUT2D eigenvalue weighted by Crippen LogP contribution is 2.33. The normalized spacial score (nSPS) is 21.8. The van der Waals surface area contributed by atoms with Gasteiger partial charge in [0.1, 0.15) is 12.2 Å². The number of carbonyl (C=O) groups is 1. The third-order valence-corrected chi connectivity index (χ3v) is 4.12. The summed E-state index contributed by atoms with van der Waals surface area (Å²) in [6.07, 6.45) is -0.0473. The number of aryl methyl sites for hydroxylation is 1. The number of nitrogens with one attached hydrogen (secondary N) is 1. The van der Waals surface area contributed by atoms with E-state index in [4.69, 9.17) is 0 Å². The van der Waals surface area contributed by atoms with Crippen LogP contribution in [0.25, 0.3) is 0 Å². The van der Waals surface area contributed by atoms with E-state index in [-0.39, 0.29) is 18.1 Å². The number of hydrogen-bond acceptors (Lipinski definition) is 2. The second kappa shape index (κ2) is 5.70. The molecule has 0 radical (unpaired) electrons. The van der Waals surface area contributed by atoms with E-state index < -0.39 is 0 Å². The average molecular weight is 280 g/mol. The van der Waals surface area contributed by atoms with Gasteiger partial charge >= 0.3 is 0 Å². The first-order valence-electron chi connectivity index (χ1n) is 7.39. The lowest BCUT2D eigenvalue weighted by Crippen LogP contribution is -2.30. The Hall–Kier alpha value is -2.13. The predicted molar refractivity (Wildman–Crippen MR) is 83.6 cm³/mol. The van der Waals surface area contributed by atoms with E-state index in [2.05, 4.69) is 24.4 Å². The minimum atomic E-state index is -0.254. The van der Waals surface area contributed by atoms with Crippen LogP contribution in [0.5, 0.6) is 0 Å². The molecular weight excluding hydrogens is 260 g/mol. The van der Waals surface area contributed by atoms with Gasteiger partial charge in [0.2, 0.25) is 5.91 Å². The summed E-state index contributed by atoms with van der Waals surface area (Å²) in [5.41, 5.74) is 3.40. The van der Waals surface area contributed by atoms with Gasteiger partial charge in [0.25, 0.3) is 0 Å². The van der Waals surface area contributed by atoms with Crippen LogP contribution in [0.1, 0.15) is 35.8 Å². The minimum absolute atomic E-state index is 0.0473. The molecule has 21 heavy (non-hydrogen) atoms. The van der Waals surface area contributed by atoms with Gasteiger partial charge in [-0.05, 0) is 30.5 Å². The van der Waals surface area contributed by atoms with Crippen molar-refractivity contribution < 1.29 is 4.79 Å². The summed E-state index contributed by atoms with van der Waals surface area (Å²) in [7, 11) is 0. The Kier molecular flexibility index (Phi) is 3.76. The van der Waals surface area contributed by atoms with E-state index in [0.29, 0.717) is 6.54 Å². The summed E-state index contributed by atoms with van der Waals surface area (Å²) in [5.74, 6) is 0.150. The van der Waals surface area contributed by atoms with E-state index in [0.717, 1.165) is 5.56 Å². The summed E-state index contributed by atoms with van der Waals surface area (Å²) in [5, 5.41) is 3.49. The van der Waals surface area contributed by atoms with Crippen molar-refractivity contribution in [3.05, 3.63) is 71.3 Å². The summed E-state index contributed by atoms with van der Waals surface area (Å²) in [6, 6.07) is 17.9. The third kappa shape index (κ3) is 2.45. The second-order valence-electron chi connectivity index (χ2n) is 5.39. The van der Waals surface area contributed by atoms with Crippen LogP contribution < -0.4 is 5.32 Å². The fourth-order valence-corrected chi connectivity index (χ4v) is 2.99. The molecular formula is C18H20N2O. The van der Waals surface area contributed by atoms with Crippen LogP contribution in [0.4, 0.5) is 0 Å². The van der Waals surface area contributed by atoms with Crippen molar-refractivity contribution in [3.8, 4) is 0 Å². The van der Waals surface area contributed by atoms with Gasteiger partial charge < -0.3 is 4.90 Å². The fourth-order valence-electron chi connectivity index (χ4n) is 2.99. The summed E-state index contributed by atoms with van der Waals surface area (Å²) in [4.78, 5) is 14.6. The van der Waals surface area contributed by atoms with Crippen molar-refractivity contribution in [1.82, 2.24) is 10.2 Å². The highest BCUT2D eigenvalue weighted by atomic mass is 16.2. The lowest BCUT2D eigenvalue weighted by atomic mass is 10.1. The number of nitrogens with zero attached hydrogens (tertiary/aromatic N) is 1. The highest BCUT2D eigenvalue weighted by molar-refractivity contribution is 5.86. The van der Waals surface area contributed by atoms with Crippen LogP contribution in [0.15, 0.2) is 54.6 Å². The zero-order valence-corrected chi connectivity index (χ0v) is 12.4. The van der Waals surface area contributed by atoms with Crippen LogP contribution in [0, 0.1) is 6.92 Å². The molecule has 0 saturated carbocycles. The van der Waals surface area contributed by atoms with Gasteiger partial charge in [-0.2, -0.15) is 0 Å². The number of hydrogen-bond donors (Lipinski definition) is 1. The SMILES string of the molecule is CCN1C(=O)C(c2ccccc2)NC1c1ccccc1C. The molecule has 0 spiro atoms. The molecule has 1 amide bonds. The molecule has 2 unspecified atom stereocenters. The maximum Gasteiger partial charge on any atom is 0.245 e. The topological polar surface area (TPSA) is 32.3 Å². The van der Waals surface area contributed by atoms with E-state index in [1.165, 1.54) is 11.1 Å². The molecule has 1 aliphatic rings. The molecule has 2 aromatic rings. The average Bonchev–Trinajstić information content (AvgIpc) is 2.85. The first-order valence-corrected chi connectivity index (χ1v) is 7.39. The van der Waals surface area contributed by atoms with Crippen molar-refractivity contribution in [1.29, 1.82) is 0 Å². The molecule has 1 saturated heterocycles. The molecule has 1 fully saturated rings. The second-order valence-corrected chi connectivity index (χ2v) is 5.39. The Bertz CT molecular complexity index is 639. The lowest BCUT2D eigenvalue weighted by molar-refractivity contribution is -0.130. The summed E-state index contributed by atoms with van der Waals surface area (Å²) in [6.45, 7) is 4.82. The monoisotopic (exact) mass is 280 g/mol. The zero-order valence-electron chi connectivity index (χ0n) is 12.4. The fraction of sp³-hybridized carbons (Fsp3) is 0.278. The molecule has 1 aliphatic heterocycles. The first kappa shape index (κ1) is 13.8. The van der Waals surface area contributed by atoms with Gasteiger partial charge in [-0.25, -0.2) is 0 Å². The molecule has 1 heterocycles. The Morgan fingerprint density at radius 2 is 1.71 bits per heavy atom. The number of amides is 1. The molecule has 2 aromatic carbocycles. The molecule has 3 nitrogen and oxygen atoms in total. The smallest absolute Gasteiger partial charge is 0.245 e. The summed E-state index contributed by atoms with van der Waals surface area (Å²) >= 11 is 0. The molecule has 0 bridgehead atoms. The van der Waals surface area contributed by atoms with Crippen LogP contribution in [-0.2, 0) is 4.79 Å². The van der Waals surface area contributed by atoms with Gasteiger partial charge in [0, 0.05) is 6.54 Å². The third-order valence-electron chi connectivity index (χ3n) is 4.12. The Balaban J connectivity index is 1.96. The maximum atomic E-state index is 12.7. The molecule has 2 atom stereocenters. The van der Waals surface area contributed by atoms with Crippen molar-refractivity contribution in [2.45, 2.75) is 26.1 Å². The van der Waals surface area contributed by atoms with Crippen LogP contribution in [0.3, 0.4) is 0 Å². The maximum absolute atomic E-state index is 12.7. The number of carbonyl (C=O) groups excluding carboxylic acids is 1. The molecule has 0 aromatic heterocycles. The first-order chi connectivity index (χ1) is 10.2. The molecule has 108 valence electrons. The molecule has 3 rings (SSSR count). The predicted octanol–water partition coefficient (Wildman–Crippen LogP) is 3.19. The quantitative estimate of drug-likeness (QED) is 0.936. The zero-order chi connectivity index (χ0) is 14.8. The Morgan fingerprint density at radius 3 is 2.38 bits per heavy atom. The molecule has 1 N–H and O–H groups in total. The van der Waals surface area contributed by atoms with E-state index in [1.807, 2.05) is 54.3 Å². The van der Waals surface area contributed by atoms with Gasteiger partial charge in [0.15, 0.2) is 0 Å². The molecule has 0 aliphatic carbocycles. The number of likely N-dealkylation sites (N-methyl/N-ethyl adjacent to an activating group) is 1. The Labute approximate surface area is 125 Å². The molecule has 3 heteroatoms. The van der Waals surface area contributed by atoms with Gasteiger partial charge in [0.05, 0.1) is 0 Å². The Morgan fingerprint density at radius 1 is 1.05 bits per heavy atom. The summed E-state index contributed by atoms with van der Waals surface area (Å²) < 4.78 is 0. The van der Waals surface area contributed by atoms with Crippen molar-refractivity contribution >= 4 is 5.91 Å². The van der Waals surface area contributed by atoms with E-state index in [1.54, 1.807) is 0 Å². The van der Waals surface area contributed by atoms with E-state index >= 15 is 0 Å².